The molecule has 0 amide bonds. The summed E-state index contributed by atoms with van der Waals surface area (Å²) >= 11 is 0. The van der Waals surface area contributed by atoms with Crippen LogP contribution in [0.4, 0.5) is 0 Å². The fraction of sp³-hybridized carbons (Fsp3) is 0.400. The molecule has 0 radical (unpaired) electrons. The minimum Gasteiger partial charge on any atom is -0.505 e. The molecule has 74 valence electrons. The minimum absolute atomic E-state index is 0.824. The Morgan fingerprint density at radius 3 is 2.29 bits per heavy atom. The third-order valence-corrected chi connectivity index (χ3v) is 3.33. The van der Waals surface area contributed by atoms with Gasteiger partial charge in [0.05, 0.1) is 26.3 Å². The summed E-state index contributed by atoms with van der Waals surface area (Å²) in [5.41, 5.74) is 1.21. The van der Waals surface area contributed by atoms with Gasteiger partial charge in [0, 0.05) is 0 Å². The van der Waals surface area contributed by atoms with Crippen LogP contribution in [0.5, 0.6) is 0 Å². The van der Waals surface area contributed by atoms with E-state index in [0.717, 1.165) is 26.3 Å². The summed E-state index contributed by atoms with van der Waals surface area (Å²) in [6, 6.07) is 10.3. The molecule has 14 heavy (non-hydrogen) atoms. The SMILES string of the molecule is c1ccc([B-]23OCC[NH+]2CCO3)cc1. The van der Waals surface area contributed by atoms with E-state index < -0.39 is 6.69 Å². The number of nitrogens with one attached hydrogen (secondary N) is 1. The molecule has 0 saturated carbocycles. The van der Waals surface area contributed by atoms with Crippen molar-refractivity contribution in [2.45, 2.75) is 0 Å². The van der Waals surface area contributed by atoms with E-state index in [1.165, 1.54) is 10.3 Å². The quantitative estimate of drug-likeness (QED) is 0.562. The number of quaternary nitrogens is 1. The molecule has 4 heteroatoms. The van der Waals surface area contributed by atoms with Crippen molar-refractivity contribution in [2.24, 2.45) is 0 Å². The van der Waals surface area contributed by atoms with Crippen LogP contribution in [0, 0.1) is 0 Å². The molecule has 0 bridgehead atoms. The second-order valence-electron chi connectivity index (χ2n) is 4.02. The zero-order valence-electron chi connectivity index (χ0n) is 8.11. The molecule has 0 atom stereocenters. The van der Waals surface area contributed by atoms with E-state index in [1.54, 1.807) is 0 Å². The van der Waals surface area contributed by atoms with E-state index in [-0.39, 0.29) is 0 Å². The van der Waals surface area contributed by atoms with Crippen LogP contribution < -0.4 is 10.3 Å². The minimum atomic E-state index is -1.19. The predicted molar refractivity (Wildman–Crippen MR) is 54.4 cm³/mol. The number of benzene rings is 1. The smallest absolute Gasteiger partial charge is 0.501 e. The molecule has 2 heterocycles. The van der Waals surface area contributed by atoms with Crippen molar-refractivity contribution >= 4 is 12.1 Å². The second kappa shape index (κ2) is 3.09. The molecule has 3 rings (SSSR count). The first-order valence-electron chi connectivity index (χ1n) is 5.24. The molecule has 3 nitrogen and oxygen atoms in total. The summed E-state index contributed by atoms with van der Waals surface area (Å²) in [7, 11) is 0. The molecular weight excluding hydrogens is 177 g/mol. The first-order valence-corrected chi connectivity index (χ1v) is 5.24. The molecule has 2 saturated heterocycles. The van der Waals surface area contributed by atoms with Gasteiger partial charge in [0.15, 0.2) is 0 Å². The van der Waals surface area contributed by atoms with Crippen LogP contribution in [-0.4, -0.2) is 33.0 Å². The zero-order chi connectivity index (χ0) is 9.43. The average Bonchev–Trinajstić information content (AvgIpc) is 2.77. The Hall–Kier alpha value is -0.835. The first kappa shape index (κ1) is 8.47. The van der Waals surface area contributed by atoms with Gasteiger partial charge >= 0.3 is 6.69 Å². The lowest BCUT2D eigenvalue weighted by Crippen LogP contribution is -3.21. The van der Waals surface area contributed by atoms with Crippen molar-refractivity contribution in [3.05, 3.63) is 30.3 Å². The highest BCUT2D eigenvalue weighted by Gasteiger charge is 2.50. The first-order chi connectivity index (χ1) is 6.92. The van der Waals surface area contributed by atoms with Gasteiger partial charge in [-0.15, -0.1) is 0 Å². The van der Waals surface area contributed by atoms with Crippen molar-refractivity contribution in [1.29, 1.82) is 0 Å². The highest BCUT2D eigenvalue weighted by molar-refractivity contribution is 6.74. The molecule has 2 aliphatic heterocycles. The van der Waals surface area contributed by atoms with Crippen molar-refractivity contribution in [2.75, 3.05) is 26.3 Å². The summed E-state index contributed by atoms with van der Waals surface area (Å²) in [6.45, 7) is 2.61. The van der Waals surface area contributed by atoms with E-state index in [0.29, 0.717) is 0 Å². The van der Waals surface area contributed by atoms with Crippen molar-refractivity contribution in [3.63, 3.8) is 0 Å². The number of hydrogen-bond acceptors (Lipinski definition) is 2. The lowest BCUT2D eigenvalue weighted by Gasteiger charge is -2.31. The third kappa shape index (κ3) is 1.05. The molecule has 1 N–H and O–H groups in total. The molecule has 2 fully saturated rings. The lowest BCUT2D eigenvalue weighted by atomic mass is 9.63. The highest BCUT2D eigenvalue weighted by atomic mass is 16.6. The van der Waals surface area contributed by atoms with E-state index in [2.05, 4.69) is 12.1 Å². The van der Waals surface area contributed by atoms with Crippen molar-refractivity contribution in [3.8, 4) is 0 Å². The van der Waals surface area contributed by atoms with Gasteiger partial charge in [-0.25, -0.2) is 0 Å². The van der Waals surface area contributed by atoms with Crippen LogP contribution in [0.2, 0.25) is 0 Å². The van der Waals surface area contributed by atoms with Gasteiger partial charge in [0.25, 0.3) is 0 Å². The van der Waals surface area contributed by atoms with Gasteiger partial charge < -0.3 is 14.1 Å². The molecule has 0 unspecified atom stereocenters. The number of rotatable bonds is 1. The fourth-order valence-corrected chi connectivity index (χ4v) is 2.64. The normalized spacial score (nSPS) is 35.9. The van der Waals surface area contributed by atoms with Gasteiger partial charge in [-0.1, -0.05) is 35.8 Å². The molecule has 0 spiro atoms. The van der Waals surface area contributed by atoms with Crippen LogP contribution in [0.25, 0.3) is 0 Å². The Bertz CT molecular complexity index is 320. The van der Waals surface area contributed by atoms with Gasteiger partial charge in [-0.2, -0.15) is 0 Å². The molecule has 1 aromatic rings. The van der Waals surface area contributed by atoms with Crippen LogP contribution in [0.1, 0.15) is 0 Å². The number of fused-ring (bicyclic) bond motifs is 1. The molecular formula is C10H14BNO2. The monoisotopic (exact) mass is 191 g/mol. The summed E-state index contributed by atoms with van der Waals surface area (Å²) in [5, 5.41) is 0. The molecule has 1 aromatic carbocycles. The molecule has 2 aliphatic rings. The summed E-state index contributed by atoms with van der Waals surface area (Å²) < 4.78 is 11.7. The van der Waals surface area contributed by atoms with Crippen molar-refractivity contribution < 1.29 is 14.1 Å². The van der Waals surface area contributed by atoms with Gasteiger partial charge in [0.2, 0.25) is 0 Å². The van der Waals surface area contributed by atoms with Crippen molar-refractivity contribution in [1.82, 2.24) is 0 Å². The third-order valence-electron chi connectivity index (χ3n) is 3.33. The van der Waals surface area contributed by atoms with Crippen LogP contribution in [0.15, 0.2) is 30.3 Å². The maximum Gasteiger partial charge on any atom is 0.501 e. The summed E-state index contributed by atoms with van der Waals surface area (Å²) in [5.74, 6) is 0. The van der Waals surface area contributed by atoms with E-state index in [9.17, 15) is 0 Å². The zero-order valence-corrected chi connectivity index (χ0v) is 8.11. The number of hydrogen-bond donors (Lipinski definition) is 1. The highest BCUT2D eigenvalue weighted by Crippen LogP contribution is 2.08. The predicted octanol–water partition coefficient (Wildman–Crippen LogP) is -1.22. The topological polar surface area (TPSA) is 22.9 Å². The second-order valence-corrected chi connectivity index (χ2v) is 4.02. The lowest BCUT2D eigenvalue weighted by molar-refractivity contribution is -0.781. The summed E-state index contributed by atoms with van der Waals surface area (Å²) in [6.07, 6.45) is 0. The summed E-state index contributed by atoms with van der Waals surface area (Å²) in [4.78, 5) is 1.47. The largest absolute Gasteiger partial charge is 0.505 e. The Kier molecular flexibility index (Phi) is 1.87. The maximum atomic E-state index is 5.85. The van der Waals surface area contributed by atoms with Crippen LogP contribution in [-0.2, 0) is 9.31 Å². The van der Waals surface area contributed by atoms with Crippen LogP contribution >= 0.6 is 0 Å². The van der Waals surface area contributed by atoms with Gasteiger partial charge in [0.1, 0.15) is 0 Å². The Balaban J connectivity index is 2.03. The Labute approximate surface area is 83.6 Å². The van der Waals surface area contributed by atoms with Gasteiger partial charge in [-0.05, 0) is 0 Å². The van der Waals surface area contributed by atoms with E-state index in [1.807, 2.05) is 18.2 Å². The molecule has 0 aromatic heterocycles. The maximum absolute atomic E-state index is 5.85. The Morgan fingerprint density at radius 1 is 1.00 bits per heavy atom. The van der Waals surface area contributed by atoms with Crippen LogP contribution in [0.3, 0.4) is 0 Å². The fourth-order valence-electron chi connectivity index (χ4n) is 2.64. The average molecular weight is 191 g/mol. The standard InChI is InChI=1S/C10H14BNO2/c1-2-4-10(5-3-1)11-12(6-8-13-11)7-9-14-11/h1-5,12H,6-9H2. The Morgan fingerprint density at radius 2 is 1.64 bits per heavy atom. The molecule has 0 aliphatic carbocycles. The van der Waals surface area contributed by atoms with E-state index in [4.69, 9.17) is 9.31 Å². The van der Waals surface area contributed by atoms with E-state index >= 15 is 0 Å². The van der Waals surface area contributed by atoms with Gasteiger partial charge in [-0.3, -0.25) is 0 Å².